The second-order valence-electron chi connectivity index (χ2n) is 7.40. The van der Waals surface area contributed by atoms with E-state index >= 15 is 0 Å². The predicted molar refractivity (Wildman–Crippen MR) is 112 cm³/mol. The number of benzene rings is 1. The zero-order chi connectivity index (χ0) is 20.7. The number of nitrogens with two attached hydrogens (primary N) is 1. The predicted octanol–water partition coefficient (Wildman–Crippen LogP) is 2.89. The first-order chi connectivity index (χ1) is 13.3. The van der Waals surface area contributed by atoms with Crippen molar-refractivity contribution in [2.45, 2.75) is 59.5 Å². The number of anilines is 2. The molecule has 0 radical (unpaired) electrons. The Hall–Kier alpha value is -2.83. The Morgan fingerprint density at radius 3 is 2.50 bits per heavy atom. The molecule has 0 bridgehead atoms. The average Bonchev–Trinajstić information content (AvgIpc) is 2.65. The van der Waals surface area contributed by atoms with Crippen molar-refractivity contribution < 1.29 is 4.79 Å². The van der Waals surface area contributed by atoms with Crippen LogP contribution in [0.2, 0.25) is 0 Å². The number of aromatic amines is 1. The molecule has 28 heavy (non-hydrogen) atoms. The van der Waals surface area contributed by atoms with E-state index in [0.717, 1.165) is 18.4 Å². The third-order valence-corrected chi connectivity index (χ3v) is 4.64. The van der Waals surface area contributed by atoms with Crippen LogP contribution in [0.1, 0.15) is 52.0 Å². The van der Waals surface area contributed by atoms with Gasteiger partial charge in [0.15, 0.2) is 5.69 Å². The number of hydrogen-bond acceptors (Lipinski definition) is 4. The summed E-state index contributed by atoms with van der Waals surface area (Å²) in [7, 11) is 0. The van der Waals surface area contributed by atoms with Gasteiger partial charge in [0.25, 0.3) is 5.56 Å². The van der Waals surface area contributed by atoms with Crippen molar-refractivity contribution in [1.82, 2.24) is 9.55 Å². The number of carbonyl (C=O) groups is 1. The number of unbranched alkanes of at least 4 members (excludes halogenated alkanes) is 1. The second-order valence-corrected chi connectivity index (χ2v) is 7.40. The Bertz CT molecular complexity index is 900. The van der Waals surface area contributed by atoms with E-state index in [9.17, 15) is 14.4 Å². The maximum atomic E-state index is 13.0. The summed E-state index contributed by atoms with van der Waals surface area (Å²) in [5.74, 6) is 0.211. The van der Waals surface area contributed by atoms with Gasteiger partial charge in [-0.2, -0.15) is 0 Å². The van der Waals surface area contributed by atoms with Crippen molar-refractivity contribution in [2.24, 2.45) is 5.92 Å². The Labute approximate surface area is 165 Å². The third kappa shape index (κ3) is 5.34. The highest BCUT2D eigenvalue weighted by molar-refractivity contribution is 5.95. The lowest BCUT2D eigenvalue weighted by molar-refractivity contribution is -0.119. The number of nitrogen functional groups attached to an aromatic ring is 1. The fraction of sp³-hybridized carbons (Fsp3) is 0.476. The zero-order valence-electron chi connectivity index (χ0n) is 16.9. The van der Waals surface area contributed by atoms with Crippen LogP contribution in [0.15, 0.2) is 39.9 Å². The van der Waals surface area contributed by atoms with Crippen molar-refractivity contribution >= 4 is 17.4 Å². The number of nitrogens with zero attached hydrogens (tertiary/aromatic N) is 2. The minimum atomic E-state index is -0.635. The van der Waals surface area contributed by atoms with E-state index in [0.29, 0.717) is 25.3 Å². The van der Waals surface area contributed by atoms with Crippen LogP contribution in [-0.2, 0) is 17.9 Å². The lowest BCUT2D eigenvalue weighted by Crippen LogP contribution is -2.41. The maximum absolute atomic E-state index is 13.0. The molecule has 1 aromatic carbocycles. The molecule has 1 amide bonds. The van der Waals surface area contributed by atoms with Crippen LogP contribution in [0.25, 0.3) is 0 Å². The molecular formula is C21H30N4O3. The standard InChI is InChI=1S/C21H30N4O3/c1-4-5-13-24-19(22)18(20(27)23-21(24)28)25(17(26)12-11-15(2)3)14-16-9-7-6-8-10-16/h6-10,15H,4-5,11-14,22H2,1-3H3,(H,23,27,28). The fourth-order valence-electron chi connectivity index (χ4n) is 2.98. The quantitative estimate of drug-likeness (QED) is 0.692. The van der Waals surface area contributed by atoms with Crippen LogP contribution < -0.4 is 21.9 Å². The van der Waals surface area contributed by atoms with Crippen molar-refractivity contribution in [3.05, 3.63) is 56.7 Å². The summed E-state index contributed by atoms with van der Waals surface area (Å²) < 4.78 is 1.34. The number of H-pyrrole nitrogens is 1. The fourth-order valence-corrected chi connectivity index (χ4v) is 2.98. The molecule has 0 aliphatic rings. The van der Waals surface area contributed by atoms with Crippen molar-refractivity contribution in [1.29, 1.82) is 0 Å². The first kappa shape index (κ1) is 21.5. The molecule has 2 aromatic rings. The largest absolute Gasteiger partial charge is 0.383 e. The van der Waals surface area contributed by atoms with E-state index in [-0.39, 0.29) is 24.0 Å². The number of aromatic nitrogens is 2. The van der Waals surface area contributed by atoms with Gasteiger partial charge < -0.3 is 10.6 Å². The van der Waals surface area contributed by atoms with Gasteiger partial charge in [0, 0.05) is 13.0 Å². The molecule has 0 unspecified atom stereocenters. The molecule has 1 aromatic heterocycles. The Kier molecular flexibility index (Phi) is 7.61. The molecule has 3 N–H and O–H groups in total. The van der Waals surface area contributed by atoms with Gasteiger partial charge in [-0.3, -0.25) is 19.1 Å². The number of nitrogens with one attached hydrogen (secondary N) is 1. The number of hydrogen-bond donors (Lipinski definition) is 2. The molecule has 0 aliphatic heterocycles. The molecule has 1 heterocycles. The van der Waals surface area contributed by atoms with Crippen LogP contribution in [0.3, 0.4) is 0 Å². The number of amides is 1. The smallest absolute Gasteiger partial charge is 0.330 e. The van der Waals surface area contributed by atoms with E-state index in [1.165, 1.54) is 9.47 Å². The molecule has 0 atom stereocenters. The molecule has 7 heteroatoms. The average molecular weight is 386 g/mol. The summed E-state index contributed by atoms with van der Waals surface area (Å²) in [6, 6.07) is 9.42. The van der Waals surface area contributed by atoms with Crippen molar-refractivity contribution in [2.75, 3.05) is 10.6 Å². The van der Waals surface area contributed by atoms with Crippen LogP contribution in [0.5, 0.6) is 0 Å². The van der Waals surface area contributed by atoms with Crippen LogP contribution in [0, 0.1) is 5.92 Å². The summed E-state index contributed by atoms with van der Waals surface area (Å²) in [6.07, 6.45) is 2.63. The molecule has 7 nitrogen and oxygen atoms in total. The van der Waals surface area contributed by atoms with Crippen molar-refractivity contribution in [3.63, 3.8) is 0 Å². The summed E-state index contributed by atoms with van der Waals surface area (Å²) in [5.41, 5.74) is 5.97. The van der Waals surface area contributed by atoms with E-state index in [2.05, 4.69) is 4.98 Å². The van der Waals surface area contributed by atoms with Gasteiger partial charge in [0.05, 0.1) is 6.54 Å². The summed E-state index contributed by atoms with van der Waals surface area (Å²) >= 11 is 0. The van der Waals surface area contributed by atoms with Gasteiger partial charge in [0.2, 0.25) is 5.91 Å². The molecular weight excluding hydrogens is 356 g/mol. The van der Waals surface area contributed by atoms with Gasteiger partial charge in [0.1, 0.15) is 5.82 Å². The lowest BCUT2D eigenvalue weighted by atomic mass is 10.1. The Morgan fingerprint density at radius 2 is 1.89 bits per heavy atom. The maximum Gasteiger partial charge on any atom is 0.330 e. The minimum absolute atomic E-state index is 0.0380. The highest BCUT2D eigenvalue weighted by atomic mass is 16.2. The number of carbonyl (C=O) groups excluding carboxylic acids is 1. The Morgan fingerprint density at radius 1 is 1.21 bits per heavy atom. The topological polar surface area (TPSA) is 101 Å². The first-order valence-electron chi connectivity index (χ1n) is 9.82. The van der Waals surface area contributed by atoms with Gasteiger partial charge in [-0.15, -0.1) is 0 Å². The van der Waals surface area contributed by atoms with E-state index in [4.69, 9.17) is 5.73 Å². The minimum Gasteiger partial charge on any atom is -0.383 e. The molecule has 0 saturated carbocycles. The zero-order valence-corrected chi connectivity index (χ0v) is 16.9. The van der Waals surface area contributed by atoms with Crippen LogP contribution >= 0.6 is 0 Å². The summed E-state index contributed by atoms with van der Waals surface area (Å²) in [5, 5.41) is 0. The molecule has 2 rings (SSSR count). The monoisotopic (exact) mass is 386 g/mol. The normalized spacial score (nSPS) is 11.0. The summed E-state index contributed by atoms with van der Waals surface area (Å²) in [4.78, 5) is 41.6. The van der Waals surface area contributed by atoms with Crippen LogP contribution in [-0.4, -0.2) is 15.5 Å². The van der Waals surface area contributed by atoms with E-state index < -0.39 is 11.2 Å². The highest BCUT2D eigenvalue weighted by Gasteiger charge is 2.24. The van der Waals surface area contributed by atoms with Gasteiger partial charge in [-0.1, -0.05) is 57.5 Å². The van der Waals surface area contributed by atoms with E-state index in [1.54, 1.807) is 0 Å². The summed E-state index contributed by atoms with van der Waals surface area (Å²) in [6.45, 7) is 6.70. The molecule has 0 spiro atoms. The van der Waals surface area contributed by atoms with E-state index in [1.807, 2.05) is 51.1 Å². The first-order valence-corrected chi connectivity index (χ1v) is 9.82. The van der Waals surface area contributed by atoms with Gasteiger partial charge >= 0.3 is 5.69 Å². The van der Waals surface area contributed by atoms with Crippen LogP contribution in [0.4, 0.5) is 11.5 Å². The highest BCUT2D eigenvalue weighted by Crippen LogP contribution is 2.22. The SMILES string of the molecule is CCCCn1c(N)c(N(Cc2ccccc2)C(=O)CCC(C)C)c(=O)[nH]c1=O. The molecule has 0 aliphatic carbocycles. The molecule has 0 saturated heterocycles. The second kappa shape index (κ2) is 9.92. The Balaban J connectivity index is 2.51. The van der Waals surface area contributed by atoms with Gasteiger partial charge in [-0.05, 0) is 24.3 Å². The molecule has 0 fully saturated rings. The van der Waals surface area contributed by atoms with Crippen molar-refractivity contribution in [3.8, 4) is 0 Å². The third-order valence-electron chi connectivity index (χ3n) is 4.64. The van der Waals surface area contributed by atoms with Gasteiger partial charge in [-0.25, -0.2) is 4.79 Å². The molecule has 152 valence electrons. The number of rotatable bonds is 9. The lowest BCUT2D eigenvalue weighted by Gasteiger charge is -2.25.